The van der Waals surface area contributed by atoms with Crippen LogP contribution in [0.3, 0.4) is 0 Å². The van der Waals surface area contributed by atoms with Crippen molar-refractivity contribution < 1.29 is 33.0 Å². The molecule has 4 rings (SSSR count). The third-order valence-corrected chi connectivity index (χ3v) is 4.99. The van der Waals surface area contributed by atoms with Crippen LogP contribution in [0.15, 0.2) is 65.3 Å². The first-order valence-corrected chi connectivity index (χ1v) is 10.2. The summed E-state index contributed by atoms with van der Waals surface area (Å²) in [7, 11) is 1.52. The molecular formula is C24H22N2O7. The van der Waals surface area contributed by atoms with Gasteiger partial charge in [-0.2, -0.15) is 0 Å². The van der Waals surface area contributed by atoms with Gasteiger partial charge in [-0.15, -0.1) is 0 Å². The van der Waals surface area contributed by atoms with Gasteiger partial charge in [0.15, 0.2) is 30.5 Å². The Balaban J connectivity index is 1.45. The van der Waals surface area contributed by atoms with Gasteiger partial charge in [0, 0.05) is 5.56 Å². The minimum atomic E-state index is -0.384. The third kappa shape index (κ3) is 5.15. The van der Waals surface area contributed by atoms with Crippen LogP contribution < -0.4 is 24.4 Å². The zero-order chi connectivity index (χ0) is 23.2. The number of hydrogen-bond acceptors (Lipinski definition) is 7. The average Bonchev–Trinajstić information content (AvgIpc) is 3.36. The molecule has 33 heavy (non-hydrogen) atoms. The minimum Gasteiger partial charge on any atom is -0.493 e. The van der Waals surface area contributed by atoms with Crippen LogP contribution in [0.25, 0.3) is 0 Å². The van der Waals surface area contributed by atoms with Crippen LogP contribution in [0.5, 0.6) is 17.2 Å². The van der Waals surface area contributed by atoms with Crippen LogP contribution in [0.2, 0.25) is 0 Å². The number of methoxy groups -OCH3 is 1. The number of ether oxygens (including phenoxy) is 3. The quantitative estimate of drug-likeness (QED) is 0.499. The number of carbonyl (C=O) groups excluding carboxylic acids is 3. The van der Waals surface area contributed by atoms with Crippen molar-refractivity contribution in [2.24, 2.45) is 0 Å². The van der Waals surface area contributed by atoms with Crippen LogP contribution in [0.1, 0.15) is 16.1 Å². The normalized spacial score (nSPS) is 12.5. The average molecular weight is 450 g/mol. The van der Waals surface area contributed by atoms with Crippen LogP contribution in [-0.4, -0.2) is 44.5 Å². The summed E-state index contributed by atoms with van der Waals surface area (Å²) in [5.41, 5.74) is 0.672. The largest absolute Gasteiger partial charge is 0.493 e. The molecule has 9 nitrogen and oxygen atoms in total. The minimum absolute atomic E-state index is 0.192. The Bertz CT molecular complexity index is 1160. The van der Waals surface area contributed by atoms with Crippen molar-refractivity contribution in [2.75, 3.05) is 31.8 Å². The molecule has 170 valence electrons. The number of nitrogens with zero attached hydrogens (tertiary/aromatic N) is 1. The maximum Gasteiger partial charge on any atom is 0.265 e. The van der Waals surface area contributed by atoms with Crippen LogP contribution in [-0.2, 0) is 16.1 Å². The molecular weight excluding hydrogens is 428 g/mol. The van der Waals surface area contributed by atoms with Crippen molar-refractivity contribution in [2.45, 2.75) is 6.54 Å². The molecule has 2 aromatic carbocycles. The molecule has 3 aromatic rings. The summed E-state index contributed by atoms with van der Waals surface area (Å²) in [6.07, 6.45) is 1.51. The lowest BCUT2D eigenvalue weighted by Crippen LogP contribution is -2.45. The summed E-state index contributed by atoms with van der Waals surface area (Å²) in [4.78, 5) is 38.9. The number of ketones is 1. The third-order valence-electron chi connectivity index (χ3n) is 4.99. The van der Waals surface area contributed by atoms with E-state index >= 15 is 0 Å². The number of furan rings is 1. The van der Waals surface area contributed by atoms with E-state index in [9.17, 15) is 14.4 Å². The lowest BCUT2D eigenvalue weighted by molar-refractivity contribution is -0.125. The molecule has 0 radical (unpaired) electrons. The Kier molecular flexibility index (Phi) is 6.58. The number of nitrogens with one attached hydrogen (secondary N) is 1. The predicted molar refractivity (Wildman–Crippen MR) is 118 cm³/mol. The Morgan fingerprint density at radius 3 is 2.67 bits per heavy atom. The van der Waals surface area contributed by atoms with Crippen molar-refractivity contribution in [3.63, 3.8) is 0 Å². The smallest absolute Gasteiger partial charge is 0.265 e. The number of Topliss-reactive ketones (excluding diaryl/α,β-unsaturated/α-hetero) is 1. The number of carbonyl (C=O) groups is 3. The van der Waals surface area contributed by atoms with E-state index in [0.717, 1.165) is 0 Å². The molecule has 0 saturated carbocycles. The topological polar surface area (TPSA) is 107 Å². The first-order chi connectivity index (χ1) is 16.0. The van der Waals surface area contributed by atoms with Gasteiger partial charge in [0.05, 0.1) is 25.6 Å². The molecule has 1 aliphatic rings. The lowest BCUT2D eigenvalue weighted by atomic mass is 10.1. The highest BCUT2D eigenvalue weighted by Crippen LogP contribution is 2.33. The van der Waals surface area contributed by atoms with E-state index in [0.29, 0.717) is 34.3 Å². The summed E-state index contributed by atoms with van der Waals surface area (Å²) in [6, 6.07) is 15.2. The number of benzene rings is 2. The SMILES string of the molecule is COc1ccccc1OCC(=O)c1ccc2c(c1)N(CC(=O)NCc1ccco1)C(=O)CO2. The predicted octanol–water partition coefficient (Wildman–Crippen LogP) is 2.59. The van der Waals surface area contributed by atoms with Gasteiger partial charge in [-0.3, -0.25) is 19.3 Å². The van der Waals surface area contributed by atoms with E-state index in [4.69, 9.17) is 18.6 Å². The van der Waals surface area contributed by atoms with Gasteiger partial charge in [0.25, 0.3) is 5.91 Å². The summed E-state index contributed by atoms with van der Waals surface area (Å²) < 4.78 is 21.5. The van der Waals surface area contributed by atoms with Crippen molar-refractivity contribution in [3.05, 3.63) is 72.2 Å². The molecule has 0 unspecified atom stereocenters. The molecule has 2 heterocycles. The van der Waals surface area contributed by atoms with Gasteiger partial charge in [0.2, 0.25) is 5.91 Å². The van der Waals surface area contributed by atoms with Crippen molar-refractivity contribution in [1.82, 2.24) is 5.32 Å². The second-order valence-corrected chi connectivity index (χ2v) is 7.17. The van der Waals surface area contributed by atoms with Crippen molar-refractivity contribution in [1.29, 1.82) is 0 Å². The molecule has 2 amide bonds. The molecule has 1 aliphatic heterocycles. The van der Waals surface area contributed by atoms with E-state index < -0.39 is 0 Å². The number of para-hydroxylation sites is 2. The first kappa shape index (κ1) is 21.9. The second-order valence-electron chi connectivity index (χ2n) is 7.17. The number of amides is 2. The zero-order valence-corrected chi connectivity index (χ0v) is 17.9. The number of anilines is 1. The summed E-state index contributed by atoms with van der Waals surface area (Å²) in [6.45, 7) is -0.429. The highest BCUT2D eigenvalue weighted by molar-refractivity contribution is 6.04. The summed E-state index contributed by atoms with van der Waals surface area (Å²) >= 11 is 0. The monoisotopic (exact) mass is 450 g/mol. The van der Waals surface area contributed by atoms with Crippen LogP contribution in [0.4, 0.5) is 5.69 Å². The molecule has 0 atom stereocenters. The standard InChI is InChI=1S/C24H22N2O7/c1-30-21-6-2-3-7-22(21)32-14-19(27)16-8-9-20-18(11-16)26(24(29)15-33-20)13-23(28)25-12-17-5-4-10-31-17/h2-11H,12-15H2,1H3,(H,25,28). The van der Waals surface area contributed by atoms with Crippen molar-refractivity contribution in [3.8, 4) is 17.2 Å². The second kappa shape index (κ2) is 9.90. The van der Waals surface area contributed by atoms with E-state index in [1.165, 1.54) is 24.3 Å². The van der Waals surface area contributed by atoms with E-state index in [1.807, 2.05) is 0 Å². The van der Waals surface area contributed by atoms with Gasteiger partial charge < -0.3 is 23.9 Å². The van der Waals surface area contributed by atoms with Gasteiger partial charge in [-0.1, -0.05) is 12.1 Å². The molecule has 1 N–H and O–H groups in total. The maximum atomic E-state index is 12.7. The van der Waals surface area contributed by atoms with Gasteiger partial charge in [-0.05, 0) is 42.5 Å². The number of hydrogen-bond donors (Lipinski definition) is 1. The summed E-state index contributed by atoms with van der Waals surface area (Å²) in [5.74, 6) is 0.912. The van der Waals surface area contributed by atoms with E-state index in [1.54, 1.807) is 48.5 Å². The zero-order valence-electron chi connectivity index (χ0n) is 17.9. The van der Waals surface area contributed by atoms with Crippen LogP contribution in [0, 0.1) is 0 Å². The molecule has 1 aromatic heterocycles. The lowest BCUT2D eigenvalue weighted by Gasteiger charge is -2.29. The highest BCUT2D eigenvalue weighted by Gasteiger charge is 2.28. The molecule has 0 spiro atoms. The Labute approximate surface area is 189 Å². The fourth-order valence-corrected chi connectivity index (χ4v) is 3.31. The first-order valence-electron chi connectivity index (χ1n) is 10.2. The van der Waals surface area contributed by atoms with Crippen molar-refractivity contribution >= 4 is 23.3 Å². The van der Waals surface area contributed by atoms with Gasteiger partial charge >= 0.3 is 0 Å². The molecule has 0 fully saturated rings. The molecule has 0 bridgehead atoms. The maximum absolute atomic E-state index is 12.7. The Hall–Kier alpha value is -4.27. The van der Waals surface area contributed by atoms with Crippen LogP contribution >= 0.6 is 0 Å². The Morgan fingerprint density at radius 1 is 1.09 bits per heavy atom. The summed E-state index contributed by atoms with van der Waals surface area (Å²) in [5, 5.41) is 2.70. The van der Waals surface area contributed by atoms with Gasteiger partial charge in [0.1, 0.15) is 18.1 Å². The Morgan fingerprint density at radius 2 is 1.91 bits per heavy atom. The van der Waals surface area contributed by atoms with E-state index in [-0.39, 0.29) is 43.9 Å². The molecule has 0 aliphatic carbocycles. The molecule has 9 heteroatoms. The number of fused-ring (bicyclic) bond motifs is 1. The fraction of sp³-hybridized carbons (Fsp3) is 0.208. The number of rotatable bonds is 9. The fourth-order valence-electron chi connectivity index (χ4n) is 3.31. The van der Waals surface area contributed by atoms with E-state index in [2.05, 4.69) is 5.32 Å². The van der Waals surface area contributed by atoms with Gasteiger partial charge in [-0.25, -0.2) is 0 Å². The molecule has 0 saturated heterocycles. The highest BCUT2D eigenvalue weighted by atomic mass is 16.5.